The van der Waals surface area contributed by atoms with Crippen LogP contribution in [0.4, 0.5) is 14.5 Å². The summed E-state index contributed by atoms with van der Waals surface area (Å²) in [4.78, 5) is 17.0. The first-order valence-corrected chi connectivity index (χ1v) is 9.41. The molecule has 1 aromatic heterocycles. The van der Waals surface area contributed by atoms with E-state index in [9.17, 15) is 13.6 Å². The van der Waals surface area contributed by atoms with Gasteiger partial charge in [-0.25, -0.2) is 18.4 Å². The molecular formula is C21H12Cl2F2N4O. The third kappa shape index (κ3) is 4.17. The number of hydrogen-bond donors (Lipinski definition) is 1. The van der Waals surface area contributed by atoms with Crippen molar-refractivity contribution in [3.8, 4) is 17.1 Å². The van der Waals surface area contributed by atoms with E-state index >= 15 is 0 Å². The second kappa shape index (κ2) is 8.22. The highest BCUT2D eigenvalue weighted by Gasteiger charge is 2.20. The van der Waals surface area contributed by atoms with Gasteiger partial charge in [-0.05, 0) is 60.7 Å². The molecule has 0 fully saturated rings. The van der Waals surface area contributed by atoms with Gasteiger partial charge >= 0.3 is 0 Å². The molecule has 0 unspecified atom stereocenters. The SMILES string of the molecule is O=C(Nc1cccc(F)c1)c1nc(-c2ccc(F)cc2)n(-c2ccc(Cl)c(Cl)c2)n1. The minimum Gasteiger partial charge on any atom is -0.319 e. The molecule has 0 bridgehead atoms. The van der Waals surface area contributed by atoms with Crippen molar-refractivity contribution in [3.05, 3.63) is 94.2 Å². The lowest BCUT2D eigenvalue weighted by Crippen LogP contribution is -2.14. The van der Waals surface area contributed by atoms with Crippen LogP contribution < -0.4 is 5.32 Å². The van der Waals surface area contributed by atoms with Gasteiger partial charge in [0, 0.05) is 11.3 Å². The maximum absolute atomic E-state index is 13.4. The smallest absolute Gasteiger partial charge is 0.295 e. The predicted molar refractivity (Wildman–Crippen MR) is 111 cm³/mol. The molecule has 4 aromatic rings. The lowest BCUT2D eigenvalue weighted by molar-refractivity contribution is 0.101. The highest BCUT2D eigenvalue weighted by Crippen LogP contribution is 2.27. The van der Waals surface area contributed by atoms with Crippen LogP contribution in [0.1, 0.15) is 10.6 Å². The molecule has 0 saturated carbocycles. The van der Waals surface area contributed by atoms with Crippen LogP contribution in [0, 0.1) is 11.6 Å². The second-order valence-corrected chi connectivity index (χ2v) is 7.05. The first kappa shape index (κ1) is 20.0. The molecule has 9 heteroatoms. The van der Waals surface area contributed by atoms with Gasteiger partial charge in [0.15, 0.2) is 5.82 Å². The Morgan fingerprint density at radius 3 is 2.37 bits per heavy atom. The lowest BCUT2D eigenvalue weighted by atomic mass is 10.2. The van der Waals surface area contributed by atoms with Crippen molar-refractivity contribution >= 4 is 34.8 Å². The topological polar surface area (TPSA) is 59.8 Å². The lowest BCUT2D eigenvalue weighted by Gasteiger charge is -2.07. The number of rotatable bonds is 4. The summed E-state index contributed by atoms with van der Waals surface area (Å²) >= 11 is 12.1. The van der Waals surface area contributed by atoms with Crippen molar-refractivity contribution in [1.29, 1.82) is 0 Å². The van der Waals surface area contributed by atoms with E-state index in [4.69, 9.17) is 23.2 Å². The Labute approximate surface area is 179 Å². The third-order valence-corrected chi connectivity index (χ3v) is 4.88. The van der Waals surface area contributed by atoms with Crippen LogP contribution in [-0.2, 0) is 0 Å². The van der Waals surface area contributed by atoms with Gasteiger partial charge in [0.25, 0.3) is 5.91 Å². The van der Waals surface area contributed by atoms with Crippen molar-refractivity contribution in [1.82, 2.24) is 14.8 Å². The van der Waals surface area contributed by atoms with Crippen LogP contribution >= 0.6 is 23.2 Å². The van der Waals surface area contributed by atoms with Crippen molar-refractivity contribution < 1.29 is 13.6 Å². The number of hydrogen-bond acceptors (Lipinski definition) is 3. The summed E-state index contributed by atoms with van der Waals surface area (Å²) in [6.45, 7) is 0. The van der Waals surface area contributed by atoms with Gasteiger partial charge in [-0.3, -0.25) is 4.79 Å². The number of carbonyl (C=O) groups is 1. The molecule has 0 aliphatic carbocycles. The molecule has 0 atom stereocenters. The Morgan fingerprint density at radius 1 is 0.900 bits per heavy atom. The number of carbonyl (C=O) groups excluding carboxylic acids is 1. The summed E-state index contributed by atoms with van der Waals surface area (Å²) < 4.78 is 28.2. The van der Waals surface area contributed by atoms with Crippen LogP contribution in [0.3, 0.4) is 0 Å². The molecule has 150 valence electrons. The fraction of sp³-hybridized carbons (Fsp3) is 0. The molecule has 1 N–H and O–H groups in total. The first-order valence-electron chi connectivity index (χ1n) is 8.66. The fourth-order valence-electron chi connectivity index (χ4n) is 2.74. The van der Waals surface area contributed by atoms with Crippen molar-refractivity contribution in [3.63, 3.8) is 0 Å². The van der Waals surface area contributed by atoms with E-state index in [0.717, 1.165) is 0 Å². The maximum Gasteiger partial charge on any atom is 0.295 e. The zero-order chi connectivity index (χ0) is 21.3. The second-order valence-electron chi connectivity index (χ2n) is 6.24. The molecule has 4 rings (SSSR count). The van der Waals surface area contributed by atoms with Crippen molar-refractivity contribution in [2.24, 2.45) is 0 Å². The fourth-order valence-corrected chi connectivity index (χ4v) is 3.04. The Balaban J connectivity index is 1.77. The van der Waals surface area contributed by atoms with E-state index in [-0.39, 0.29) is 17.3 Å². The van der Waals surface area contributed by atoms with Crippen LogP contribution in [0.2, 0.25) is 10.0 Å². The largest absolute Gasteiger partial charge is 0.319 e. The number of aromatic nitrogens is 3. The minimum atomic E-state index is -0.636. The zero-order valence-corrected chi connectivity index (χ0v) is 16.6. The van der Waals surface area contributed by atoms with Gasteiger partial charge in [0.05, 0.1) is 15.7 Å². The van der Waals surface area contributed by atoms with E-state index in [1.807, 2.05) is 0 Å². The van der Waals surface area contributed by atoms with Gasteiger partial charge < -0.3 is 5.32 Å². The van der Waals surface area contributed by atoms with Crippen molar-refractivity contribution in [2.75, 3.05) is 5.32 Å². The highest BCUT2D eigenvalue weighted by atomic mass is 35.5. The normalized spacial score (nSPS) is 10.8. The van der Waals surface area contributed by atoms with E-state index in [1.54, 1.807) is 18.2 Å². The third-order valence-electron chi connectivity index (χ3n) is 4.14. The number of nitrogens with zero attached hydrogens (tertiary/aromatic N) is 3. The van der Waals surface area contributed by atoms with Gasteiger partial charge in [-0.15, -0.1) is 5.10 Å². The number of benzene rings is 3. The Kier molecular flexibility index (Phi) is 5.48. The molecule has 5 nitrogen and oxygen atoms in total. The number of anilines is 1. The van der Waals surface area contributed by atoms with E-state index in [2.05, 4.69) is 15.4 Å². The summed E-state index contributed by atoms with van der Waals surface area (Å²) in [5, 5.41) is 7.47. The van der Waals surface area contributed by atoms with Crippen LogP contribution in [0.25, 0.3) is 17.1 Å². The standard InChI is InChI=1S/C21H12Cl2F2N4O/c22-17-9-8-16(11-18(17)23)29-20(12-4-6-13(24)7-5-12)27-19(28-29)21(30)26-15-3-1-2-14(25)10-15/h1-11H,(H,26,30). The molecule has 1 heterocycles. The molecule has 0 aliphatic heterocycles. The van der Waals surface area contributed by atoms with E-state index in [0.29, 0.717) is 21.3 Å². The number of nitrogens with one attached hydrogen (secondary N) is 1. The monoisotopic (exact) mass is 444 g/mol. The molecule has 0 saturated heterocycles. The highest BCUT2D eigenvalue weighted by molar-refractivity contribution is 6.42. The molecule has 3 aromatic carbocycles. The first-order chi connectivity index (χ1) is 14.4. The molecule has 0 aliphatic rings. The summed E-state index contributed by atoms with van der Waals surface area (Å²) in [6.07, 6.45) is 0. The van der Waals surface area contributed by atoms with Crippen molar-refractivity contribution in [2.45, 2.75) is 0 Å². The summed E-state index contributed by atoms with van der Waals surface area (Å²) in [5.41, 5.74) is 1.29. The van der Waals surface area contributed by atoms with E-state index in [1.165, 1.54) is 53.2 Å². The quantitative estimate of drug-likeness (QED) is 0.434. The Bertz CT molecular complexity index is 1240. The summed E-state index contributed by atoms with van der Waals surface area (Å²) in [7, 11) is 0. The predicted octanol–water partition coefficient (Wildman–Crippen LogP) is 5.77. The van der Waals surface area contributed by atoms with Crippen LogP contribution in [0.15, 0.2) is 66.7 Å². The Hall–Kier alpha value is -3.29. The molecular weight excluding hydrogens is 433 g/mol. The van der Waals surface area contributed by atoms with Gasteiger partial charge in [-0.1, -0.05) is 29.3 Å². The average Bonchev–Trinajstić information content (AvgIpc) is 3.16. The van der Waals surface area contributed by atoms with E-state index < -0.39 is 17.5 Å². The molecule has 0 radical (unpaired) electrons. The minimum absolute atomic E-state index is 0.162. The average molecular weight is 445 g/mol. The summed E-state index contributed by atoms with van der Waals surface area (Å²) in [6, 6.07) is 15.8. The molecule has 1 amide bonds. The van der Waals surface area contributed by atoms with Gasteiger partial charge in [0.1, 0.15) is 11.6 Å². The number of amides is 1. The Morgan fingerprint density at radius 2 is 1.67 bits per heavy atom. The van der Waals surface area contributed by atoms with Gasteiger partial charge in [-0.2, -0.15) is 0 Å². The van der Waals surface area contributed by atoms with Gasteiger partial charge in [0.2, 0.25) is 5.82 Å². The van der Waals surface area contributed by atoms with Crippen LogP contribution in [0.5, 0.6) is 0 Å². The maximum atomic E-state index is 13.4. The summed E-state index contributed by atoms with van der Waals surface area (Å²) in [5.74, 6) is -1.41. The van der Waals surface area contributed by atoms with Crippen LogP contribution in [-0.4, -0.2) is 20.7 Å². The molecule has 0 spiro atoms. The number of halogens is 4. The zero-order valence-electron chi connectivity index (χ0n) is 15.1. The molecule has 30 heavy (non-hydrogen) atoms.